The summed E-state index contributed by atoms with van der Waals surface area (Å²) in [5, 5.41) is 0. The molecule has 0 saturated carbocycles. The fourth-order valence-electron chi connectivity index (χ4n) is 1.13. The third-order valence-corrected chi connectivity index (χ3v) is 3.24. The molecule has 0 aliphatic carbocycles. The number of nitrogens with two attached hydrogens (primary N) is 1. The van der Waals surface area contributed by atoms with E-state index in [1.807, 2.05) is 12.1 Å². The standard InChI is InChI=1S/C10H16ClNOS/c1-2-6-13-7-5-8(12)9-3-4-10(11)14-9/h3-4,8H,2,5-7,12H2,1H3. The minimum absolute atomic E-state index is 0.0596. The molecule has 0 bridgehead atoms. The number of halogens is 1. The monoisotopic (exact) mass is 233 g/mol. The van der Waals surface area contributed by atoms with Crippen molar-refractivity contribution in [3.8, 4) is 0 Å². The van der Waals surface area contributed by atoms with Crippen LogP contribution in [0.5, 0.6) is 0 Å². The van der Waals surface area contributed by atoms with Gasteiger partial charge in [0.1, 0.15) is 0 Å². The highest BCUT2D eigenvalue weighted by Gasteiger charge is 2.08. The van der Waals surface area contributed by atoms with E-state index in [1.165, 1.54) is 0 Å². The minimum Gasteiger partial charge on any atom is -0.381 e. The smallest absolute Gasteiger partial charge is 0.0931 e. The fraction of sp³-hybridized carbons (Fsp3) is 0.600. The van der Waals surface area contributed by atoms with Crippen LogP contribution in [0.25, 0.3) is 0 Å². The summed E-state index contributed by atoms with van der Waals surface area (Å²) in [5.74, 6) is 0. The summed E-state index contributed by atoms with van der Waals surface area (Å²) in [7, 11) is 0. The van der Waals surface area contributed by atoms with Crippen molar-refractivity contribution in [1.82, 2.24) is 0 Å². The number of hydrogen-bond acceptors (Lipinski definition) is 3. The van der Waals surface area contributed by atoms with E-state index in [4.69, 9.17) is 22.1 Å². The summed E-state index contributed by atoms with van der Waals surface area (Å²) in [6.45, 7) is 3.64. The molecular formula is C10H16ClNOS. The Morgan fingerprint density at radius 3 is 2.86 bits per heavy atom. The van der Waals surface area contributed by atoms with Crippen LogP contribution in [0.15, 0.2) is 12.1 Å². The molecule has 0 fully saturated rings. The zero-order valence-electron chi connectivity index (χ0n) is 8.33. The topological polar surface area (TPSA) is 35.2 Å². The quantitative estimate of drug-likeness (QED) is 0.766. The van der Waals surface area contributed by atoms with Crippen molar-refractivity contribution in [3.63, 3.8) is 0 Å². The Morgan fingerprint density at radius 1 is 1.50 bits per heavy atom. The number of ether oxygens (including phenoxy) is 1. The van der Waals surface area contributed by atoms with Crippen LogP contribution < -0.4 is 5.73 Å². The van der Waals surface area contributed by atoms with Gasteiger partial charge in [0.25, 0.3) is 0 Å². The van der Waals surface area contributed by atoms with Gasteiger partial charge in [-0.1, -0.05) is 18.5 Å². The van der Waals surface area contributed by atoms with E-state index in [0.29, 0.717) is 0 Å². The third kappa shape index (κ3) is 3.96. The van der Waals surface area contributed by atoms with Gasteiger partial charge in [0.05, 0.1) is 4.34 Å². The van der Waals surface area contributed by atoms with Crippen LogP contribution in [0, 0.1) is 0 Å². The van der Waals surface area contributed by atoms with Crippen molar-refractivity contribution in [2.45, 2.75) is 25.8 Å². The molecule has 0 aliphatic rings. The third-order valence-electron chi connectivity index (χ3n) is 1.88. The molecule has 0 spiro atoms. The molecule has 2 N–H and O–H groups in total. The highest BCUT2D eigenvalue weighted by molar-refractivity contribution is 7.16. The van der Waals surface area contributed by atoms with Gasteiger partial charge in [-0.2, -0.15) is 0 Å². The first kappa shape index (κ1) is 12.0. The van der Waals surface area contributed by atoms with E-state index >= 15 is 0 Å². The van der Waals surface area contributed by atoms with Crippen LogP contribution in [0.3, 0.4) is 0 Å². The average molecular weight is 234 g/mol. The van der Waals surface area contributed by atoms with Crippen molar-refractivity contribution in [2.24, 2.45) is 5.73 Å². The first-order valence-electron chi connectivity index (χ1n) is 4.82. The highest BCUT2D eigenvalue weighted by Crippen LogP contribution is 2.27. The molecule has 1 aromatic rings. The predicted octanol–water partition coefficient (Wildman–Crippen LogP) is 3.22. The SMILES string of the molecule is CCCOCCC(N)c1ccc(Cl)s1. The van der Waals surface area contributed by atoms with Gasteiger partial charge in [-0.15, -0.1) is 11.3 Å². The number of hydrogen-bond donors (Lipinski definition) is 1. The Morgan fingerprint density at radius 2 is 2.29 bits per heavy atom. The molecule has 2 nitrogen and oxygen atoms in total. The molecule has 80 valence electrons. The molecule has 0 aromatic carbocycles. The van der Waals surface area contributed by atoms with Crippen LogP contribution >= 0.6 is 22.9 Å². The second-order valence-electron chi connectivity index (χ2n) is 3.15. The maximum atomic E-state index is 5.96. The summed E-state index contributed by atoms with van der Waals surface area (Å²) in [6.07, 6.45) is 1.91. The van der Waals surface area contributed by atoms with E-state index in [0.717, 1.165) is 35.3 Å². The van der Waals surface area contributed by atoms with Gasteiger partial charge < -0.3 is 10.5 Å². The predicted molar refractivity (Wildman–Crippen MR) is 62.0 cm³/mol. The lowest BCUT2D eigenvalue weighted by molar-refractivity contribution is 0.128. The lowest BCUT2D eigenvalue weighted by Crippen LogP contribution is -2.11. The summed E-state index contributed by atoms with van der Waals surface area (Å²) in [5.41, 5.74) is 5.96. The van der Waals surface area contributed by atoms with Gasteiger partial charge in [-0.3, -0.25) is 0 Å². The molecule has 0 amide bonds. The van der Waals surface area contributed by atoms with Crippen molar-refractivity contribution in [1.29, 1.82) is 0 Å². The Bertz CT molecular complexity index is 264. The van der Waals surface area contributed by atoms with Gasteiger partial charge in [-0.05, 0) is 25.0 Å². The highest BCUT2D eigenvalue weighted by atomic mass is 35.5. The van der Waals surface area contributed by atoms with Gasteiger partial charge >= 0.3 is 0 Å². The molecule has 1 rings (SSSR count). The van der Waals surface area contributed by atoms with Crippen molar-refractivity contribution >= 4 is 22.9 Å². The molecule has 14 heavy (non-hydrogen) atoms. The Hall–Kier alpha value is -0.0900. The van der Waals surface area contributed by atoms with Crippen molar-refractivity contribution in [2.75, 3.05) is 13.2 Å². The van der Waals surface area contributed by atoms with Crippen molar-refractivity contribution in [3.05, 3.63) is 21.3 Å². The fourth-order valence-corrected chi connectivity index (χ4v) is 2.22. The second kappa shape index (κ2) is 6.40. The van der Waals surface area contributed by atoms with E-state index < -0.39 is 0 Å². The first-order valence-corrected chi connectivity index (χ1v) is 6.02. The lowest BCUT2D eigenvalue weighted by Gasteiger charge is -2.09. The van der Waals surface area contributed by atoms with E-state index in [1.54, 1.807) is 11.3 Å². The second-order valence-corrected chi connectivity index (χ2v) is 4.90. The van der Waals surface area contributed by atoms with E-state index in [-0.39, 0.29) is 6.04 Å². The number of rotatable bonds is 6. The Balaban J connectivity index is 2.25. The van der Waals surface area contributed by atoms with Gasteiger partial charge in [0.15, 0.2) is 0 Å². The molecule has 0 aliphatic heterocycles. The summed E-state index contributed by atoms with van der Waals surface area (Å²) < 4.78 is 6.17. The molecule has 0 saturated heterocycles. The lowest BCUT2D eigenvalue weighted by atomic mass is 10.2. The normalized spacial score (nSPS) is 13.1. The molecule has 1 aromatic heterocycles. The Kier molecular flexibility index (Phi) is 5.48. The summed E-state index contributed by atoms with van der Waals surface area (Å²) >= 11 is 7.36. The maximum absolute atomic E-state index is 5.96. The Labute approximate surface area is 94.0 Å². The van der Waals surface area contributed by atoms with E-state index in [9.17, 15) is 0 Å². The van der Waals surface area contributed by atoms with Crippen LogP contribution in [-0.4, -0.2) is 13.2 Å². The first-order chi connectivity index (χ1) is 6.74. The number of thiophene rings is 1. The zero-order valence-corrected chi connectivity index (χ0v) is 9.90. The van der Waals surface area contributed by atoms with Crippen LogP contribution in [-0.2, 0) is 4.74 Å². The molecular weight excluding hydrogens is 218 g/mol. The summed E-state index contributed by atoms with van der Waals surface area (Å²) in [4.78, 5) is 1.13. The van der Waals surface area contributed by atoms with Gasteiger partial charge in [0, 0.05) is 24.1 Å². The molecule has 1 heterocycles. The molecule has 4 heteroatoms. The zero-order chi connectivity index (χ0) is 10.4. The minimum atomic E-state index is 0.0596. The molecule has 1 atom stereocenters. The van der Waals surface area contributed by atoms with Crippen LogP contribution in [0.1, 0.15) is 30.7 Å². The maximum Gasteiger partial charge on any atom is 0.0931 e. The largest absolute Gasteiger partial charge is 0.381 e. The molecule has 0 radical (unpaired) electrons. The van der Waals surface area contributed by atoms with Gasteiger partial charge in [-0.25, -0.2) is 0 Å². The molecule has 1 unspecified atom stereocenters. The van der Waals surface area contributed by atoms with Gasteiger partial charge in [0.2, 0.25) is 0 Å². The van der Waals surface area contributed by atoms with Crippen molar-refractivity contribution < 1.29 is 4.74 Å². The summed E-state index contributed by atoms with van der Waals surface area (Å²) in [6, 6.07) is 3.93. The average Bonchev–Trinajstić information content (AvgIpc) is 2.59. The van der Waals surface area contributed by atoms with Crippen LogP contribution in [0.2, 0.25) is 4.34 Å². The van der Waals surface area contributed by atoms with Crippen LogP contribution in [0.4, 0.5) is 0 Å². The van der Waals surface area contributed by atoms with E-state index in [2.05, 4.69) is 6.92 Å².